The van der Waals surface area contributed by atoms with Gasteiger partial charge in [0.05, 0.1) is 6.10 Å². The summed E-state index contributed by atoms with van der Waals surface area (Å²) in [6, 6.07) is 1.53. The highest BCUT2D eigenvalue weighted by molar-refractivity contribution is 4.91. The summed E-state index contributed by atoms with van der Waals surface area (Å²) in [6.07, 6.45) is 7.08. The molecule has 2 fully saturated rings. The van der Waals surface area contributed by atoms with Crippen molar-refractivity contribution < 1.29 is 4.74 Å². The number of hydrogen-bond donors (Lipinski definition) is 1. The Morgan fingerprint density at radius 1 is 1.19 bits per heavy atom. The van der Waals surface area contributed by atoms with Gasteiger partial charge in [0.2, 0.25) is 0 Å². The van der Waals surface area contributed by atoms with Gasteiger partial charge < -0.3 is 10.1 Å². The maximum Gasteiger partial charge on any atom is 0.0595 e. The van der Waals surface area contributed by atoms with Gasteiger partial charge in [0.15, 0.2) is 0 Å². The minimum absolute atomic E-state index is 0.509. The molecular weight excluding hydrogens is 200 g/mol. The fraction of sp³-hybridized carbons (Fsp3) is 1.00. The molecule has 2 unspecified atom stereocenters. The number of hydrogen-bond acceptors (Lipinski definition) is 3. The molecule has 1 aliphatic heterocycles. The highest BCUT2D eigenvalue weighted by Crippen LogP contribution is 2.27. The molecule has 2 atom stereocenters. The van der Waals surface area contributed by atoms with Crippen molar-refractivity contribution in [2.45, 2.75) is 57.2 Å². The molecule has 0 amide bonds. The Morgan fingerprint density at radius 3 is 2.56 bits per heavy atom. The molecular formula is C13H26N2O. The van der Waals surface area contributed by atoms with E-state index in [9.17, 15) is 0 Å². The van der Waals surface area contributed by atoms with Gasteiger partial charge >= 0.3 is 0 Å². The van der Waals surface area contributed by atoms with Crippen LogP contribution in [0.1, 0.15) is 39.0 Å². The monoisotopic (exact) mass is 226 g/mol. The number of ether oxygens (including phenoxy) is 1. The lowest BCUT2D eigenvalue weighted by Gasteiger charge is -2.38. The van der Waals surface area contributed by atoms with Crippen LogP contribution >= 0.6 is 0 Å². The average Bonchev–Trinajstić information content (AvgIpc) is 2.78. The molecule has 2 aliphatic rings. The zero-order valence-electron chi connectivity index (χ0n) is 10.7. The van der Waals surface area contributed by atoms with E-state index in [0.29, 0.717) is 6.10 Å². The summed E-state index contributed by atoms with van der Waals surface area (Å²) in [5, 5.41) is 3.64. The first-order valence-corrected chi connectivity index (χ1v) is 6.85. The van der Waals surface area contributed by atoms with Crippen molar-refractivity contribution in [2.75, 3.05) is 26.7 Å². The van der Waals surface area contributed by atoms with Crippen LogP contribution in [-0.4, -0.2) is 49.8 Å². The number of nitrogens with one attached hydrogen (secondary N) is 1. The number of nitrogens with zero attached hydrogens (tertiary/aromatic N) is 1. The molecule has 1 aliphatic carbocycles. The Balaban J connectivity index is 1.83. The predicted octanol–water partition coefficient (Wildman–Crippen LogP) is 1.63. The topological polar surface area (TPSA) is 24.5 Å². The van der Waals surface area contributed by atoms with Gasteiger partial charge in [0.25, 0.3) is 0 Å². The third-order valence-corrected chi connectivity index (χ3v) is 4.22. The van der Waals surface area contributed by atoms with Crippen LogP contribution in [0.25, 0.3) is 0 Å². The zero-order chi connectivity index (χ0) is 11.4. The van der Waals surface area contributed by atoms with Crippen molar-refractivity contribution in [3.05, 3.63) is 0 Å². The van der Waals surface area contributed by atoms with E-state index in [2.05, 4.69) is 17.1 Å². The Morgan fingerprint density at radius 2 is 1.94 bits per heavy atom. The van der Waals surface area contributed by atoms with Gasteiger partial charge in [-0.2, -0.15) is 0 Å². The van der Waals surface area contributed by atoms with Crippen molar-refractivity contribution in [2.24, 2.45) is 0 Å². The van der Waals surface area contributed by atoms with E-state index in [0.717, 1.165) is 18.6 Å². The van der Waals surface area contributed by atoms with Gasteiger partial charge in [0.1, 0.15) is 0 Å². The minimum atomic E-state index is 0.509. The maximum atomic E-state index is 5.43. The summed E-state index contributed by atoms with van der Waals surface area (Å²) in [5.41, 5.74) is 0. The number of likely N-dealkylation sites (tertiary alicyclic amines) is 1. The zero-order valence-corrected chi connectivity index (χ0v) is 10.7. The summed E-state index contributed by atoms with van der Waals surface area (Å²) < 4.78 is 5.43. The number of rotatable bonds is 4. The molecule has 16 heavy (non-hydrogen) atoms. The van der Waals surface area contributed by atoms with Crippen molar-refractivity contribution in [1.82, 2.24) is 10.2 Å². The van der Waals surface area contributed by atoms with Crippen LogP contribution in [0.4, 0.5) is 0 Å². The Hall–Kier alpha value is -0.120. The second-order valence-electron chi connectivity index (χ2n) is 5.13. The van der Waals surface area contributed by atoms with Crippen LogP contribution in [0, 0.1) is 0 Å². The fourth-order valence-electron chi connectivity index (χ4n) is 3.32. The number of likely N-dealkylation sites (N-methyl/N-ethyl adjacent to an activating group) is 1. The average molecular weight is 226 g/mol. The predicted molar refractivity (Wildman–Crippen MR) is 66.7 cm³/mol. The quantitative estimate of drug-likeness (QED) is 0.788. The van der Waals surface area contributed by atoms with E-state index in [1.165, 1.54) is 45.2 Å². The normalized spacial score (nSPS) is 33.4. The molecule has 3 nitrogen and oxygen atoms in total. The van der Waals surface area contributed by atoms with Gasteiger partial charge in [0, 0.05) is 32.3 Å². The van der Waals surface area contributed by atoms with E-state index < -0.39 is 0 Å². The molecule has 0 aromatic carbocycles. The molecule has 1 saturated carbocycles. The highest BCUT2D eigenvalue weighted by Gasteiger charge is 2.33. The van der Waals surface area contributed by atoms with E-state index in [1.54, 1.807) is 0 Å². The summed E-state index contributed by atoms with van der Waals surface area (Å²) in [4.78, 5) is 2.69. The summed E-state index contributed by atoms with van der Waals surface area (Å²) in [6.45, 7) is 5.78. The largest absolute Gasteiger partial charge is 0.381 e. The first kappa shape index (κ1) is 12.3. The molecule has 1 saturated heterocycles. The molecule has 2 rings (SSSR count). The molecule has 94 valence electrons. The Kier molecular flexibility index (Phi) is 4.62. The summed E-state index contributed by atoms with van der Waals surface area (Å²) in [5.74, 6) is 0. The number of methoxy groups -OCH3 is 1. The maximum absolute atomic E-state index is 5.43. The van der Waals surface area contributed by atoms with Crippen LogP contribution in [0.3, 0.4) is 0 Å². The molecule has 1 heterocycles. The SMILES string of the molecule is CCNC1CCCC1N1CCC(OC)CC1. The van der Waals surface area contributed by atoms with E-state index >= 15 is 0 Å². The van der Waals surface area contributed by atoms with Crippen LogP contribution < -0.4 is 5.32 Å². The van der Waals surface area contributed by atoms with Crippen LogP contribution in [-0.2, 0) is 4.74 Å². The van der Waals surface area contributed by atoms with E-state index in [1.807, 2.05) is 7.11 Å². The lowest BCUT2D eigenvalue weighted by molar-refractivity contribution is 0.0241. The lowest BCUT2D eigenvalue weighted by Crippen LogP contribution is -2.50. The Bertz CT molecular complexity index is 202. The summed E-state index contributed by atoms with van der Waals surface area (Å²) >= 11 is 0. The third kappa shape index (κ3) is 2.76. The Labute approximate surface area is 99.5 Å². The second kappa shape index (κ2) is 5.99. The van der Waals surface area contributed by atoms with Gasteiger partial charge in [-0.05, 0) is 32.2 Å². The fourth-order valence-corrected chi connectivity index (χ4v) is 3.32. The molecule has 0 aromatic rings. The van der Waals surface area contributed by atoms with E-state index in [-0.39, 0.29) is 0 Å². The molecule has 0 aromatic heterocycles. The van der Waals surface area contributed by atoms with Gasteiger partial charge in [-0.25, -0.2) is 0 Å². The van der Waals surface area contributed by atoms with Gasteiger partial charge in [-0.3, -0.25) is 4.90 Å². The van der Waals surface area contributed by atoms with E-state index in [4.69, 9.17) is 4.74 Å². The van der Waals surface area contributed by atoms with Gasteiger partial charge in [-0.1, -0.05) is 13.3 Å². The molecule has 0 radical (unpaired) electrons. The van der Waals surface area contributed by atoms with Gasteiger partial charge in [-0.15, -0.1) is 0 Å². The molecule has 0 bridgehead atoms. The first-order chi connectivity index (χ1) is 7.85. The van der Waals surface area contributed by atoms with Crippen molar-refractivity contribution in [1.29, 1.82) is 0 Å². The van der Waals surface area contributed by atoms with Crippen LogP contribution in [0.15, 0.2) is 0 Å². The third-order valence-electron chi connectivity index (χ3n) is 4.22. The second-order valence-corrected chi connectivity index (χ2v) is 5.13. The molecule has 1 N–H and O–H groups in total. The van der Waals surface area contributed by atoms with Crippen LogP contribution in [0.2, 0.25) is 0 Å². The highest BCUT2D eigenvalue weighted by atomic mass is 16.5. The standard InChI is InChI=1S/C13H26N2O/c1-3-14-12-5-4-6-13(12)15-9-7-11(16-2)8-10-15/h11-14H,3-10H2,1-2H3. The minimum Gasteiger partial charge on any atom is -0.381 e. The van der Waals surface area contributed by atoms with Crippen LogP contribution in [0.5, 0.6) is 0 Å². The van der Waals surface area contributed by atoms with Crippen molar-refractivity contribution >= 4 is 0 Å². The van der Waals surface area contributed by atoms with Crippen molar-refractivity contribution in [3.8, 4) is 0 Å². The summed E-state index contributed by atoms with van der Waals surface area (Å²) in [7, 11) is 1.84. The molecule has 0 spiro atoms. The molecule has 3 heteroatoms. The smallest absolute Gasteiger partial charge is 0.0595 e. The number of piperidine rings is 1. The lowest BCUT2D eigenvalue weighted by atomic mass is 10.0. The first-order valence-electron chi connectivity index (χ1n) is 6.85. The van der Waals surface area contributed by atoms with Crippen molar-refractivity contribution in [3.63, 3.8) is 0 Å².